The van der Waals surface area contributed by atoms with Gasteiger partial charge in [0.1, 0.15) is 17.1 Å². The van der Waals surface area contributed by atoms with E-state index < -0.39 is 0 Å². The molecular formula is C23H26N4O2. The molecule has 0 spiro atoms. The summed E-state index contributed by atoms with van der Waals surface area (Å²) in [4.78, 5) is 17.5. The largest absolute Gasteiger partial charge is 0.441 e. The molecule has 0 amide bonds. The van der Waals surface area contributed by atoms with Gasteiger partial charge in [-0.05, 0) is 49.9 Å². The van der Waals surface area contributed by atoms with Crippen molar-refractivity contribution in [2.75, 3.05) is 0 Å². The summed E-state index contributed by atoms with van der Waals surface area (Å²) in [5.74, 6) is 1.77. The second-order valence-electron chi connectivity index (χ2n) is 7.96. The van der Waals surface area contributed by atoms with Gasteiger partial charge in [0.15, 0.2) is 0 Å². The number of aromatic nitrogens is 4. The Morgan fingerprint density at radius 3 is 2.45 bits per heavy atom. The fraction of sp³-hybridized carbons (Fsp3) is 0.348. The Labute approximate surface area is 169 Å². The Kier molecular flexibility index (Phi) is 4.65. The summed E-state index contributed by atoms with van der Waals surface area (Å²) in [6.07, 6.45) is 0. The normalized spacial score (nSPS) is 11.7. The first-order chi connectivity index (χ1) is 13.8. The molecule has 3 heterocycles. The Balaban J connectivity index is 1.76. The smallest absolute Gasteiger partial charge is 0.252 e. The number of pyridine rings is 1. The van der Waals surface area contributed by atoms with E-state index in [1.807, 2.05) is 40.0 Å². The fourth-order valence-corrected chi connectivity index (χ4v) is 3.87. The van der Waals surface area contributed by atoms with Crippen LogP contribution < -0.4 is 5.56 Å². The average molecular weight is 390 g/mol. The second kappa shape index (κ2) is 7.03. The number of oxazole rings is 1. The SMILES string of the molecule is Cc1oc(-c2ccc(C(C)C)cc2)nc1Cn1c(=O)cc(C)c2c(C)nn(C)c21. The van der Waals surface area contributed by atoms with Crippen molar-refractivity contribution in [1.29, 1.82) is 0 Å². The maximum Gasteiger partial charge on any atom is 0.252 e. The lowest BCUT2D eigenvalue weighted by Gasteiger charge is -2.09. The van der Waals surface area contributed by atoms with E-state index in [1.54, 1.807) is 15.3 Å². The van der Waals surface area contributed by atoms with Gasteiger partial charge >= 0.3 is 0 Å². The molecule has 4 rings (SSSR count). The van der Waals surface area contributed by atoms with Crippen molar-refractivity contribution in [3.8, 4) is 11.5 Å². The summed E-state index contributed by atoms with van der Waals surface area (Å²) >= 11 is 0. The number of hydrogen-bond donors (Lipinski definition) is 0. The highest BCUT2D eigenvalue weighted by molar-refractivity contribution is 5.82. The third kappa shape index (κ3) is 3.28. The molecule has 0 unspecified atom stereocenters. The van der Waals surface area contributed by atoms with Crippen LogP contribution >= 0.6 is 0 Å². The minimum atomic E-state index is -0.0664. The van der Waals surface area contributed by atoms with E-state index in [0.29, 0.717) is 24.1 Å². The lowest BCUT2D eigenvalue weighted by atomic mass is 10.0. The van der Waals surface area contributed by atoms with Gasteiger partial charge in [0.05, 0.1) is 12.2 Å². The number of fused-ring (bicyclic) bond motifs is 1. The van der Waals surface area contributed by atoms with Crippen molar-refractivity contribution in [2.45, 2.75) is 47.1 Å². The van der Waals surface area contributed by atoms with Crippen LogP contribution in [0.1, 0.15) is 48.0 Å². The first-order valence-corrected chi connectivity index (χ1v) is 9.86. The molecule has 29 heavy (non-hydrogen) atoms. The highest BCUT2D eigenvalue weighted by Crippen LogP contribution is 2.26. The van der Waals surface area contributed by atoms with Gasteiger partial charge in [0, 0.05) is 24.1 Å². The van der Waals surface area contributed by atoms with Crippen molar-refractivity contribution < 1.29 is 4.42 Å². The van der Waals surface area contributed by atoms with Crippen LogP contribution in [0.15, 0.2) is 39.5 Å². The predicted molar refractivity (Wildman–Crippen MR) is 114 cm³/mol. The average Bonchev–Trinajstić information content (AvgIpc) is 3.18. The van der Waals surface area contributed by atoms with Crippen LogP contribution in [0.25, 0.3) is 22.5 Å². The first-order valence-electron chi connectivity index (χ1n) is 9.86. The molecule has 0 fully saturated rings. The second-order valence-corrected chi connectivity index (χ2v) is 7.96. The maximum absolute atomic E-state index is 12.8. The minimum Gasteiger partial charge on any atom is -0.441 e. The van der Waals surface area contributed by atoms with Gasteiger partial charge in [-0.15, -0.1) is 0 Å². The van der Waals surface area contributed by atoms with E-state index in [4.69, 9.17) is 9.40 Å². The Bertz CT molecular complexity index is 1260. The number of aryl methyl sites for hydroxylation is 4. The van der Waals surface area contributed by atoms with E-state index >= 15 is 0 Å². The molecule has 0 atom stereocenters. The molecule has 0 N–H and O–H groups in total. The van der Waals surface area contributed by atoms with Gasteiger partial charge in [-0.2, -0.15) is 5.10 Å². The molecule has 6 nitrogen and oxygen atoms in total. The quantitative estimate of drug-likeness (QED) is 0.515. The fourth-order valence-electron chi connectivity index (χ4n) is 3.87. The highest BCUT2D eigenvalue weighted by atomic mass is 16.4. The zero-order chi connectivity index (χ0) is 20.9. The molecule has 0 aliphatic carbocycles. The van der Waals surface area contributed by atoms with Crippen molar-refractivity contribution >= 4 is 11.0 Å². The van der Waals surface area contributed by atoms with Crippen molar-refractivity contribution in [1.82, 2.24) is 19.3 Å². The Morgan fingerprint density at radius 1 is 1.10 bits per heavy atom. The Morgan fingerprint density at radius 2 is 1.79 bits per heavy atom. The first kappa shape index (κ1) is 19.2. The van der Waals surface area contributed by atoms with Gasteiger partial charge < -0.3 is 4.42 Å². The third-order valence-electron chi connectivity index (χ3n) is 5.47. The van der Waals surface area contributed by atoms with Crippen LogP contribution in [0.3, 0.4) is 0 Å². The molecule has 3 aromatic heterocycles. The lowest BCUT2D eigenvalue weighted by Crippen LogP contribution is -2.22. The lowest BCUT2D eigenvalue weighted by molar-refractivity contribution is 0.537. The topological polar surface area (TPSA) is 65.8 Å². The maximum atomic E-state index is 12.8. The number of rotatable bonds is 4. The monoisotopic (exact) mass is 390 g/mol. The van der Waals surface area contributed by atoms with Gasteiger partial charge in [0.25, 0.3) is 5.56 Å². The molecule has 6 heteroatoms. The summed E-state index contributed by atoms with van der Waals surface area (Å²) in [7, 11) is 1.86. The van der Waals surface area contributed by atoms with Crippen LogP contribution in [0.5, 0.6) is 0 Å². The molecule has 0 saturated carbocycles. The zero-order valence-corrected chi connectivity index (χ0v) is 17.8. The Hall–Kier alpha value is -3.15. The summed E-state index contributed by atoms with van der Waals surface area (Å²) in [5.41, 5.74) is 5.55. The van der Waals surface area contributed by atoms with E-state index in [2.05, 4.69) is 31.1 Å². The van der Waals surface area contributed by atoms with Crippen LogP contribution in [0.4, 0.5) is 0 Å². The van der Waals surface area contributed by atoms with E-state index in [-0.39, 0.29) is 5.56 Å². The van der Waals surface area contributed by atoms with E-state index in [0.717, 1.165) is 33.5 Å². The summed E-state index contributed by atoms with van der Waals surface area (Å²) in [6.45, 7) is 10.5. The molecule has 0 radical (unpaired) electrons. The van der Waals surface area contributed by atoms with Gasteiger partial charge in [0.2, 0.25) is 5.89 Å². The van der Waals surface area contributed by atoms with Crippen LogP contribution in [0.2, 0.25) is 0 Å². The van der Waals surface area contributed by atoms with Gasteiger partial charge in [-0.1, -0.05) is 26.0 Å². The predicted octanol–water partition coefficient (Wildman–Crippen LogP) is 4.49. The van der Waals surface area contributed by atoms with E-state index in [9.17, 15) is 4.79 Å². The molecular weight excluding hydrogens is 364 g/mol. The van der Waals surface area contributed by atoms with Gasteiger partial charge in [-0.25, -0.2) is 4.98 Å². The molecule has 150 valence electrons. The summed E-state index contributed by atoms with van der Waals surface area (Å²) in [5, 5.41) is 5.52. The summed E-state index contributed by atoms with van der Waals surface area (Å²) < 4.78 is 9.42. The standard InChI is InChI=1S/C23H26N4O2/c1-13(2)17-7-9-18(10-8-17)22-24-19(16(5)29-22)12-27-20(28)11-14(3)21-15(4)25-26(6)23(21)27/h7-11,13H,12H2,1-6H3. The number of benzene rings is 1. The summed E-state index contributed by atoms with van der Waals surface area (Å²) in [6, 6.07) is 9.94. The van der Waals surface area contributed by atoms with Crippen LogP contribution in [-0.2, 0) is 13.6 Å². The minimum absolute atomic E-state index is 0.0664. The molecule has 0 saturated heterocycles. The number of hydrogen-bond acceptors (Lipinski definition) is 4. The zero-order valence-electron chi connectivity index (χ0n) is 17.8. The van der Waals surface area contributed by atoms with Gasteiger partial charge in [-0.3, -0.25) is 14.0 Å². The van der Waals surface area contributed by atoms with Crippen molar-refractivity contribution in [3.05, 3.63) is 69.0 Å². The van der Waals surface area contributed by atoms with E-state index in [1.165, 1.54) is 5.56 Å². The molecule has 0 aliphatic heterocycles. The van der Waals surface area contributed by atoms with Crippen molar-refractivity contribution in [3.63, 3.8) is 0 Å². The van der Waals surface area contributed by atoms with Crippen LogP contribution in [-0.4, -0.2) is 19.3 Å². The third-order valence-corrected chi connectivity index (χ3v) is 5.47. The molecule has 0 bridgehead atoms. The highest BCUT2D eigenvalue weighted by Gasteiger charge is 2.18. The molecule has 1 aromatic carbocycles. The van der Waals surface area contributed by atoms with Crippen LogP contribution in [0, 0.1) is 20.8 Å². The number of nitrogens with zero attached hydrogens (tertiary/aromatic N) is 4. The molecule has 0 aliphatic rings. The van der Waals surface area contributed by atoms with Crippen molar-refractivity contribution in [2.24, 2.45) is 7.05 Å². The molecule has 4 aromatic rings.